The molecule has 0 aromatic heterocycles. The number of ether oxygens (including phenoxy) is 3. The van der Waals surface area contributed by atoms with Crippen molar-refractivity contribution < 1.29 is 28.6 Å². The number of carbonyl (C=O) groups is 3. The molecule has 0 aromatic rings. The molecule has 0 heterocycles. The largest absolute Gasteiger partial charge is 0.462 e. The number of hydrogen-bond acceptors (Lipinski definition) is 6. The summed E-state index contributed by atoms with van der Waals surface area (Å²) in [5, 5.41) is 0. The first kappa shape index (κ1) is 77.4. The maximum atomic E-state index is 12.9. The minimum Gasteiger partial charge on any atom is -0.462 e. The molecule has 0 rings (SSSR count). The van der Waals surface area contributed by atoms with Crippen LogP contribution in [-0.2, 0) is 28.6 Å². The van der Waals surface area contributed by atoms with Crippen LogP contribution in [0.3, 0.4) is 0 Å². The molecular formula is C74H136O6. The Balaban J connectivity index is 4.11. The van der Waals surface area contributed by atoms with Crippen molar-refractivity contribution in [3.63, 3.8) is 0 Å². The van der Waals surface area contributed by atoms with E-state index in [9.17, 15) is 14.4 Å². The molecule has 0 bridgehead atoms. The van der Waals surface area contributed by atoms with Gasteiger partial charge in [0.05, 0.1) is 0 Å². The Kier molecular flexibility index (Phi) is 66.6. The summed E-state index contributed by atoms with van der Waals surface area (Å²) in [6.45, 7) is 6.64. The maximum absolute atomic E-state index is 12.9. The van der Waals surface area contributed by atoms with Crippen molar-refractivity contribution >= 4 is 17.9 Å². The van der Waals surface area contributed by atoms with Gasteiger partial charge in [0, 0.05) is 19.3 Å². The molecule has 0 saturated heterocycles. The lowest BCUT2D eigenvalue weighted by atomic mass is 10.0. The van der Waals surface area contributed by atoms with Gasteiger partial charge in [-0.15, -0.1) is 0 Å². The zero-order chi connectivity index (χ0) is 57.8. The van der Waals surface area contributed by atoms with Crippen molar-refractivity contribution in [2.75, 3.05) is 13.2 Å². The highest BCUT2D eigenvalue weighted by Gasteiger charge is 2.19. The van der Waals surface area contributed by atoms with Crippen LogP contribution in [0.4, 0.5) is 0 Å². The number of rotatable bonds is 66. The molecule has 6 heteroatoms. The number of allylic oxidation sites excluding steroid dienone is 8. The molecule has 0 fully saturated rings. The van der Waals surface area contributed by atoms with Gasteiger partial charge < -0.3 is 14.2 Å². The zero-order valence-electron chi connectivity index (χ0n) is 53.9. The summed E-state index contributed by atoms with van der Waals surface area (Å²) in [4.78, 5) is 38.3. The average molecular weight is 1120 g/mol. The van der Waals surface area contributed by atoms with Crippen LogP contribution in [0.5, 0.6) is 0 Å². The van der Waals surface area contributed by atoms with Gasteiger partial charge in [-0.3, -0.25) is 14.4 Å². The van der Waals surface area contributed by atoms with Crippen molar-refractivity contribution in [2.24, 2.45) is 0 Å². The van der Waals surface area contributed by atoms with Crippen molar-refractivity contribution in [2.45, 2.75) is 393 Å². The third-order valence-corrected chi connectivity index (χ3v) is 16.0. The first-order chi connectivity index (χ1) is 39.5. The molecule has 80 heavy (non-hydrogen) atoms. The molecular weight excluding hydrogens is 985 g/mol. The van der Waals surface area contributed by atoms with Crippen LogP contribution in [0.2, 0.25) is 0 Å². The Morgan fingerprint density at radius 1 is 0.250 bits per heavy atom. The molecule has 1 unspecified atom stereocenters. The van der Waals surface area contributed by atoms with Gasteiger partial charge in [-0.05, 0) is 103 Å². The Morgan fingerprint density at radius 2 is 0.450 bits per heavy atom. The molecule has 0 spiro atoms. The van der Waals surface area contributed by atoms with Crippen LogP contribution >= 0.6 is 0 Å². The summed E-state index contributed by atoms with van der Waals surface area (Å²) in [5.74, 6) is -0.879. The van der Waals surface area contributed by atoms with Gasteiger partial charge in [0.15, 0.2) is 6.10 Å². The molecule has 0 saturated carbocycles. The Hall–Kier alpha value is -2.63. The molecule has 6 nitrogen and oxygen atoms in total. The van der Waals surface area contributed by atoms with Gasteiger partial charge >= 0.3 is 17.9 Å². The van der Waals surface area contributed by atoms with Gasteiger partial charge in [-0.1, -0.05) is 313 Å². The van der Waals surface area contributed by atoms with Crippen LogP contribution in [0, 0.1) is 0 Å². The van der Waals surface area contributed by atoms with E-state index in [0.29, 0.717) is 19.3 Å². The van der Waals surface area contributed by atoms with E-state index >= 15 is 0 Å². The van der Waals surface area contributed by atoms with Crippen LogP contribution in [0.1, 0.15) is 387 Å². The van der Waals surface area contributed by atoms with Crippen LogP contribution in [0.15, 0.2) is 48.6 Å². The molecule has 0 aliphatic carbocycles. The second kappa shape index (κ2) is 68.9. The summed E-state index contributed by atoms with van der Waals surface area (Å²) in [6.07, 6.45) is 87.3. The molecule has 468 valence electrons. The van der Waals surface area contributed by atoms with Crippen molar-refractivity contribution in [3.05, 3.63) is 48.6 Å². The van der Waals surface area contributed by atoms with Gasteiger partial charge in [0.1, 0.15) is 13.2 Å². The molecule has 1 atom stereocenters. The lowest BCUT2D eigenvalue weighted by molar-refractivity contribution is -0.167. The molecule has 0 aliphatic rings. The van der Waals surface area contributed by atoms with Gasteiger partial charge in [-0.2, -0.15) is 0 Å². The van der Waals surface area contributed by atoms with Crippen LogP contribution < -0.4 is 0 Å². The Labute approximate surface area is 498 Å². The lowest BCUT2D eigenvalue weighted by Gasteiger charge is -2.18. The van der Waals surface area contributed by atoms with E-state index in [1.165, 1.54) is 257 Å². The lowest BCUT2D eigenvalue weighted by Crippen LogP contribution is -2.30. The van der Waals surface area contributed by atoms with Crippen molar-refractivity contribution in [3.8, 4) is 0 Å². The highest BCUT2D eigenvalue weighted by Crippen LogP contribution is 2.18. The van der Waals surface area contributed by atoms with E-state index in [1.54, 1.807) is 0 Å². The van der Waals surface area contributed by atoms with Crippen LogP contribution in [0.25, 0.3) is 0 Å². The standard InChI is InChI=1S/C74H136O6/c1-4-7-10-13-16-19-22-25-27-29-30-31-32-33-34-35-36-37-38-39-40-41-42-43-44-45-47-49-52-55-58-61-64-67-73(76)79-70-71(69-78-72(75)66-63-60-57-54-51-48-24-21-18-15-12-9-6-3)80-74(77)68-65-62-59-56-53-50-46-28-26-23-20-17-14-11-8-5-2/h20-21,23-24,28-30,46,71H,4-19,22,25-27,31-45,47-70H2,1-3H3/b23-20-,24-21-,30-29-,46-28-. The number of unbranched alkanes of at least 4 members (excludes halogenated alkanes) is 47. The second-order valence-corrected chi connectivity index (χ2v) is 24.1. The van der Waals surface area contributed by atoms with Crippen molar-refractivity contribution in [1.29, 1.82) is 0 Å². The number of carbonyl (C=O) groups excluding carboxylic acids is 3. The zero-order valence-corrected chi connectivity index (χ0v) is 53.9. The summed E-state index contributed by atoms with van der Waals surface area (Å²) >= 11 is 0. The first-order valence-electron chi connectivity index (χ1n) is 35.6. The minimum absolute atomic E-state index is 0.0778. The molecule has 0 amide bonds. The van der Waals surface area contributed by atoms with E-state index < -0.39 is 6.10 Å². The molecule has 0 radical (unpaired) electrons. The molecule has 0 N–H and O–H groups in total. The fourth-order valence-electron chi connectivity index (χ4n) is 10.6. The van der Waals surface area contributed by atoms with Crippen molar-refractivity contribution in [1.82, 2.24) is 0 Å². The summed E-state index contributed by atoms with van der Waals surface area (Å²) in [7, 11) is 0. The third kappa shape index (κ3) is 66.2. The average Bonchev–Trinajstić information content (AvgIpc) is 3.46. The predicted octanol–water partition coefficient (Wildman–Crippen LogP) is 24.5. The summed E-state index contributed by atoms with van der Waals surface area (Å²) in [6, 6.07) is 0. The smallest absolute Gasteiger partial charge is 0.306 e. The number of esters is 3. The Bertz CT molecular complexity index is 1380. The summed E-state index contributed by atoms with van der Waals surface area (Å²) in [5.41, 5.74) is 0. The SMILES string of the molecule is CCCCCC/C=C\C/C=C\CCCCCCCC(=O)OC(COC(=O)CCCCCCC/C=C\CCCCCC)COC(=O)CCCCCCCCCCCCCCCCCCCCCCC/C=C\CCCCCCCCCC. The topological polar surface area (TPSA) is 78.9 Å². The maximum Gasteiger partial charge on any atom is 0.306 e. The van der Waals surface area contributed by atoms with E-state index in [0.717, 1.165) is 89.9 Å². The van der Waals surface area contributed by atoms with Gasteiger partial charge in [0.2, 0.25) is 0 Å². The fraction of sp³-hybridized carbons (Fsp3) is 0.851. The monoisotopic (exact) mass is 1120 g/mol. The minimum atomic E-state index is -0.783. The van der Waals surface area contributed by atoms with Crippen LogP contribution in [-0.4, -0.2) is 37.2 Å². The van der Waals surface area contributed by atoms with E-state index in [-0.39, 0.29) is 31.1 Å². The van der Waals surface area contributed by atoms with Gasteiger partial charge in [-0.25, -0.2) is 0 Å². The highest BCUT2D eigenvalue weighted by molar-refractivity contribution is 5.71. The number of hydrogen-bond donors (Lipinski definition) is 0. The Morgan fingerprint density at radius 3 is 0.713 bits per heavy atom. The quantitative estimate of drug-likeness (QED) is 0.0261. The summed E-state index contributed by atoms with van der Waals surface area (Å²) < 4.78 is 16.9. The molecule has 0 aromatic carbocycles. The first-order valence-corrected chi connectivity index (χ1v) is 35.6. The van der Waals surface area contributed by atoms with Gasteiger partial charge in [0.25, 0.3) is 0 Å². The third-order valence-electron chi connectivity index (χ3n) is 16.0. The van der Waals surface area contributed by atoms with E-state index in [4.69, 9.17) is 14.2 Å². The molecule has 0 aliphatic heterocycles. The fourth-order valence-corrected chi connectivity index (χ4v) is 10.6. The van der Waals surface area contributed by atoms with E-state index in [1.807, 2.05) is 0 Å². The predicted molar refractivity (Wildman–Crippen MR) is 349 cm³/mol. The normalized spacial score (nSPS) is 12.3. The van der Waals surface area contributed by atoms with E-state index in [2.05, 4.69) is 69.4 Å². The highest BCUT2D eigenvalue weighted by atomic mass is 16.6. The second-order valence-electron chi connectivity index (χ2n) is 24.1.